The summed E-state index contributed by atoms with van der Waals surface area (Å²) in [6.45, 7) is 0. The van der Waals surface area contributed by atoms with Gasteiger partial charge < -0.3 is 10.1 Å². The van der Waals surface area contributed by atoms with Crippen LogP contribution in [-0.4, -0.2) is 25.2 Å². The topological polar surface area (TPSA) is 38.3 Å². The van der Waals surface area contributed by atoms with E-state index in [1.165, 1.54) is 0 Å². The number of hydrogen-bond donors (Lipinski definition) is 1. The summed E-state index contributed by atoms with van der Waals surface area (Å²) in [6.07, 6.45) is 4.65. The summed E-state index contributed by atoms with van der Waals surface area (Å²) in [6, 6.07) is 5.55. The monoisotopic (exact) mass is 315 g/mol. The number of ether oxygens (including phenoxy) is 1. The molecule has 1 amide bonds. The zero-order valence-corrected chi connectivity index (χ0v) is 13.0. The van der Waals surface area contributed by atoms with Crippen LogP contribution in [0.2, 0.25) is 10.0 Å². The maximum absolute atomic E-state index is 12.0. The van der Waals surface area contributed by atoms with Crippen molar-refractivity contribution in [2.24, 2.45) is 0 Å². The maximum Gasteiger partial charge on any atom is 0.224 e. The highest BCUT2D eigenvalue weighted by Gasteiger charge is 2.22. The molecule has 0 heterocycles. The number of hydrogen-bond acceptors (Lipinski definition) is 2. The van der Waals surface area contributed by atoms with Gasteiger partial charge in [0.05, 0.1) is 22.6 Å². The molecule has 3 nitrogen and oxygen atoms in total. The number of benzene rings is 1. The van der Waals surface area contributed by atoms with Gasteiger partial charge in [-0.05, 0) is 43.4 Å². The molecule has 0 aromatic heterocycles. The van der Waals surface area contributed by atoms with E-state index >= 15 is 0 Å². The molecule has 110 valence electrons. The Balaban J connectivity index is 1.82. The van der Waals surface area contributed by atoms with E-state index in [4.69, 9.17) is 27.9 Å². The fourth-order valence-electron chi connectivity index (χ4n) is 2.56. The lowest BCUT2D eigenvalue weighted by Crippen LogP contribution is -2.39. The van der Waals surface area contributed by atoms with Crippen molar-refractivity contribution in [1.82, 2.24) is 5.32 Å². The van der Waals surface area contributed by atoms with E-state index in [0.29, 0.717) is 22.6 Å². The standard InChI is InChI=1S/C15H19Cl2NO2/c1-20-12-5-3-11(4-6-12)18-15(19)9-10-2-7-13(16)14(17)8-10/h2,7-8,11-12H,3-6,9H2,1H3,(H,18,19). The van der Waals surface area contributed by atoms with Gasteiger partial charge in [0, 0.05) is 13.2 Å². The van der Waals surface area contributed by atoms with Crippen molar-refractivity contribution in [2.75, 3.05) is 7.11 Å². The highest BCUT2D eigenvalue weighted by Crippen LogP contribution is 2.23. The minimum Gasteiger partial charge on any atom is -0.381 e. The van der Waals surface area contributed by atoms with Gasteiger partial charge in [-0.1, -0.05) is 29.3 Å². The summed E-state index contributed by atoms with van der Waals surface area (Å²) in [4.78, 5) is 12.0. The van der Waals surface area contributed by atoms with Crippen molar-refractivity contribution in [1.29, 1.82) is 0 Å². The van der Waals surface area contributed by atoms with Crippen LogP contribution in [0.3, 0.4) is 0 Å². The van der Waals surface area contributed by atoms with E-state index in [9.17, 15) is 4.79 Å². The Morgan fingerprint density at radius 3 is 2.55 bits per heavy atom. The molecule has 1 saturated carbocycles. The highest BCUT2D eigenvalue weighted by molar-refractivity contribution is 6.42. The molecule has 1 aromatic rings. The lowest BCUT2D eigenvalue weighted by molar-refractivity contribution is -0.121. The third-order valence-corrected chi connectivity index (χ3v) is 4.46. The second-order valence-electron chi connectivity index (χ2n) is 5.20. The van der Waals surface area contributed by atoms with Crippen molar-refractivity contribution in [2.45, 2.75) is 44.2 Å². The molecule has 20 heavy (non-hydrogen) atoms. The minimum absolute atomic E-state index is 0.0317. The van der Waals surface area contributed by atoms with Crippen LogP contribution in [-0.2, 0) is 16.0 Å². The van der Waals surface area contributed by atoms with E-state index < -0.39 is 0 Å². The van der Waals surface area contributed by atoms with Crippen LogP contribution in [0.4, 0.5) is 0 Å². The number of rotatable bonds is 4. The van der Waals surface area contributed by atoms with Gasteiger partial charge in [-0.15, -0.1) is 0 Å². The first-order valence-corrected chi connectivity index (χ1v) is 7.60. The summed E-state index contributed by atoms with van der Waals surface area (Å²) in [5, 5.41) is 4.07. The summed E-state index contributed by atoms with van der Waals surface area (Å²) in [5.41, 5.74) is 0.877. The molecule has 1 aromatic carbocycles. The Kier molecular flexibility index (Phi) is 5.70. The van der Waals surface area contributed by atoms with E-state index in [0.717, 1.165) is 31.2 Å². The van der Waals surface area contributed by atoms with E-state index in [-0.39, 0.29) is 11.9 Å². The number of carbonyl (C=O) groups is 1. The van der Waals surface area contributed by atoms with Crippen LogP contribution >= 0.6 is 23.2 Å². The first kappa shape index (κ1) is 15.6. The fourth-order valence-corrected chi connectivity index (χ4v) is 2.88. The predicted molar refractivity (Wildman–Crippen MR) is 81.4 cm³/mol. The molecular formula is C15H19Cl2NO2. The van der Waals surface area contributed by atoms with E-state index in [2.05, 4.69) is 5.32 Å². The molecule has 0 bridgehead atoms. The summed E-state index contributed by atoms with van der Waals surface area (Å²) < 4.78 is 5.32. The van der Waals surface area contributed by atoms with Crippen molar-refractivity contribution in [3.8, 4) is 0 Å². The zero-order chi connectivity index (χ0) is 14.5. The normalized spacial score (nSPS) is 22.6. The molecule has 2 rings (SSSR count). The van der Waals surface area contributed by atoms with Gasteiger partial charge in [0.25, 0.3) is 0 Å². The minimum atomic E-state index is 0.0317. The van der Waals surface area contributed by atoms with Crippen LogP contribution in [0, 0.1) is 0 Å². The van der Waals surface area contributed by atoms with E-state index in [1.807, 2.05) is 6.07 Å². The van der Waals surface area contributed by atoms with Gasteiger partial charge >= 0.3 is 0 Å². The fraction of sp³-hybridized carbons (Fsp3) is 0.533. The van der Waals surface area contributed by atoms with Crippen LogP contribution in [0.5, 0.6) is 0 Å². The summed E-state index contributed by atoms with van der Waals surface area (Å²) in [7, 11) is 1.74. The van der Waals surface area contributed by atoms with Crippen LogP contribution in [0.25, 0.3) is 0 Å². The average molecular weight is 316 g/mol. The quantitative estimate of drug-likeness (QED) is 0.921. The van der Waals surface area contributed by atoms with Crippen molar-refractivity contribution < 1.29 is 9.53 Å². The highest BCUT2D eigenvalue weighted by atomic mass is 35.5. The van der Waals surface area contributed by atoms with E-state index in [1.54, 1.807) is 19.2 Å². The SMILES string of the molecule is COC1CCC(NC(=O)Cc2ccc(Cl)c(Cl)c2)CC1. The number of amides is 1. The largest absolute Gasteiger partial charge is 0.381 e. The average Bonchev–Trinajstić information content (AvgIpc) is 2.44. The third-order valence-electron chi connectivity index (χ3n) is 3.72. The van der Waals surface area contributed by atoms with Gasteiger partial charge in [-0.3, -0.25) is 4.79 Å². The smallest absolute Gasteiger partial charge is 0.224 e. The van der Waals surface area contributed by atoms with Gasteiger partial charge in [-0.25, -0.2) is 0 Å². The molecule has 1 aliphatic rings. The third kappa shape index (κ3) is 4.37. The lowest BCUT2D eigenvalue weighted by Gasteiger charge is -2.28. The molecule has 5 heteroatoms. The maximum atomic E-state index is 12.0. The Morgan fingerprint density at radius 1 is 1.25 bits per heavy atom. The zero-order valence-electron chi connectivity index (χ0n) is 11.5. The molecule has 1 fully saturated rings. The Bertz CT molecular complexity index is 471. The molecule has 0 atom stereocenters. The predicted octanol–water partition coefficient (Wildman–Crippen LogP) is 3.61. The van der Waals surface area contributed by atoms with Gasteiger partial charge in [0.15, 0.2) is 0 Å². The number of methoxy groups -OCH3 is 1. The van der Waals surface area contributed by atoms with Crippen molar-refractivity contribution in [3.63, 3.8) is 0 Å². The van der Waals surface area contributed by atoms with Crippen LogP contribution < -0.4 is 5.32 Å². The van der Waals surface area contributed by atoms with Gasteiger partial charge in [0.2, 0.25) is 5.91 Å². The van der Waals surface area contributed by atoms with Crippen LogP contribution in [0.1, 0.15) is 31.2 Å². The molecule has 1 aliphatic carbocycles. The van der Waals surface area contributed by atoms with Crippen molar-refractivity contribution >= 4 is 29.1 Å². The number of nitrogens with one attached hydrogen (secondary N) is 1. The molecule has 0 spiro atoms. The molecule has 0 radical (unpaired) electrons. The van der Waals surface area contributed by atoms with Crippen LogP contribution in [0.15, 0.2) is 18.2 Å². The van der Waals surface area contributed by atoms with Crippen molar-refractivity contribution in [3.05, 3.63) is 33.8 Å². The number of halogens is 2. The van der Waals surface area contributed by atoms with Gasteiger partial charge in [0.1, 0.15) is 0 Å². The second kappa shape index (κ2) is 7.30. The first-order chi connectivity index (χ1) is 9.58. The first-order valence-electron chi connectivity index (χ1n) is 6.84. The Hall–Kier alpha value is -0.770. The summed E-state index contributed by atoms with van der Waals surface area (Å²) >= 11 is 11.8. The lowest BCUT2D eigenvalue weighted by atomic mass is 9.93. The molecule has 0 saturated heterocycles. The number of carbonyl (C=O) groups excluding carboxylic acids is 1. The molecule has 0 unspecified atom stereocenters. The van der Waals surface area contributed by atoms with Gasteiger partial charge in [-0.2, -0.15) is 0 Å². The molecule has 0 aliphatic heterocycles. The summed E-state index contributed by atoms with van der Waals surface area (Å²) in [5.74, 6) is 0.0317. The Labute approximate surface area is 129 Å². The molecular weight excluding hydrogens is 297 g/mol. The Morgan fingerprint density at radius 2 is 1.95 bits per heavy atom. The second-order valence-corrected chi connectivity index (χ2v) is 6.02. The molecule has 1 N–H and O–H groups in total.